The molecule has 13 heavy (non-hydrogen) atoms. The van der Waals surface area contributed by atoms with E-state index in [9.17, 15) is 4.79 Å². The van der Waals surface area contributed by atoms with E-state index in [-0.39, 0.29) is 5.91 Å². The van der Waals surface area contributed by atoms with Crippen LogP contribution in [0.25, 0.3) is 0 Å². The number of benzene rings is 1. The molecule has 0 aliphatic heterocycles. The van der Waals surface area contributed by atoms with Gasteiger partial charge in [0.05, 0.1) is 0 Å². The van der Waals surface area contributed by atoms with Crippen LogP contribution in [0, 0.1) is 20.8 Å². The molecule has 0 bridgehead atoms. The summed E-state index contributed by atoms with van der Waals surface area (Å²) in [4.78, 5) is 11.3. The van der Waals surface area contributed by atoms with Gasteiger partial charge in [-0.15, -0.1) is 0 Å². The predicted octanol–water partition coefficient (Wildman–Crippen LogP) is 2.19. The van der Waals surface area contributed by atoms with Crippen LogP contribution >= 0.6 is 12.8 Å². The van der Waals surface area contributed by atoms with E-state index < -0.39 is 0 Å². The molecule has 70 valence electrons. The summed E-state index contributed by atoms with van der Waals surface area (Å²) in [5, 5.41) is 0. The second kappa shape index (κ2) is 3.83. The molecule has 0 saturated heterocycles. The van der Waals surface area contributed by atoms with Crippen molar-refractivity contribution < 1.29 is 4.79 Å². The van der Waals surface area contributed by atoms with Gasteiger partial charge in [0.1, 0.15) is 0 Å². The van der Waals surface area contributed by atoms with E-state index in [0.717, 1.165) is 11.1 Å². The first-order valence-electron chi connectivity index (χ1n) is 4.09. The van der Waals surface area contributed by atoms with Gasteiger partial charge in [0.2, 0.25) is 0 Å². The third-order valence-corrected chi connectivity index (χ3v) is 2.61. The second-order valence-corrected chi connectivity index (χ2v) is 3.34. The highest BCUT2D eigenvalue weighted by Crippen LogP contribution is 2.16. The van der Waals surface area contributed by atoms with E-state index >= 15 is 0 Å². The Morgan fingerprint density at radius 2 is 1.85 bits per heavy atom. The summed E-state index contributed by atoms with van der Waals surface area (Å²) < 4.78 is 2.32. The SMILES string of the molecule is Cc1ccc(C(=O)NS)c(C)c1C. The fourth-order valence-electron chi connectivity index (χ4n) is 1.26. The lowest BCUT2D eigenvalue weighted by molar-refractivity contribution is 0.0984. The van der Waals surface area contributed by atoms with E-state index in [1.807, 2.05) is 32.9 Å². The molecule has 0 aliphatic carbocycles. The number of carbonyl (C=O) groups excluding carboxylic acids is 1. The first kappa shape index (κ1) is 10.1. The highest BCUT2D eigenvalue weighted by molar-refractivity contribution is 7.78. The van der Waals surface area contributed by atoms with E-state index in [1.54, 1.807) is 0 Å². The molecule has 1 N–H and O–H groups in total. The third kappa shape index (κ3) is 1.86. The van der Waals surface area contributed by atoms with Gasteiger partial charge in [-0.05, 0) is 43.5 Å². The van der Waals surface area contributed by atoms with Crippen LogP contribution in [0.2, 0.25) is 0 Å². The molecule has 0 aromatic heterocycles. The Hall–Kier alpha value is -0.960. The van der Waals surface area contributed by atoms with Crippen LogP contribution in [0.3, 0.4) is 0 Å². The average molecular weight is 195 g/mol. The topological polar surface area (TPSA) is 29.1 Å². The van der Waals surface area contributed by atoms with E-state index in [4.69, 9.17) is 0 Å². The monoisotopic (exact) mass is 195 g/mol. The quantitative estimate of drug-likeness (QED) is 0.661. The van der Waals surface area contributed by atoms with Crippen molar-refractivity contribution in [2.75, 3.05) is 0 Å². The van der Waals surface area contributed by atoms with Gasteiger partial charge in [0.15, 0.2) is 0 Å². The maximum absolute atomic E-state index is 11.3. The zero-order valence-corrected chi connectivity index (χ0v) is 8.90. The minimum atomic E-state index is -0.149. The molecule has 0 spiro atoms. The summed E-state index contributed by atoms with van der Waals surface area (Å²) in [6.45, 7) is 5.99. The molecule has 0 aliphatic rings. The molecular weight excluding hydrogens is 182 g/mol. The second-order valence-electron chi connectivity index (χ2n) is 3.12. The van der Waals surface area contributed by atoms with Crippen LogP contribution in [0.4, 0.5) is 0 Å². The average Bonchev–Trinajstić information content (AvgIpc) is 2.13. The van der Waals surface area contributed by atoms with Crippen LogP contribution in [0.15, 0.2) is 12.1 Å². The zero-order chi connectivity index (χ0) is 10.0. The predicted molar refractivity (Wildman–Crippen MR) is 57.1 cm³/mol. The van der Waals surface area contributed by atoms with E-state index in [2.05, 4.69) is 17.5 Å². The summed E-state index contributed by atoms with van der Waals surface area (Å²) in [6.07, 6.45) is 0. The highest BCUT2D eigenvalue weighted by atomic mass is 32.1. The lowest BCUT2D eigenvalue weighted by Gasteiger charge is -2.09. The number of amides is 1. The number of hydrogen-bond acceptors (Lipinski definition) is 2. The lowest BCUT2D eigenvalue weighted by atomic mass is 9.99. The molecule has 1 amide bonds. The lowest BCUT2D eigenvalue weighted by Crippen LogP contribution is -2.14. The van der Waals surface area contributed by atoms with Gasteiger partial charge < -0.3 is 0 Å². The van der Waals surface area contributed by atoms with Crippen molar-refractivity contribution >= 4 is 18.7 Å². The Labute approximate surface area is 83.9 Å². The van der Waals surface area contributed by atoms with Gasteiger partial charge >= 0.3 is 0 Å². The van der Waals surface area contributed by atoms with Gasteiger partial charge in [-0.2, -0.15) is 0 Å². The van der Waals surface area contributed by atoms with Crippen LogP contribution in [-0.2, 0) is 0 Å². The van der Waals surface area contributed by atoms with Gasteiger partial charge in [-0.25, -0.2) is 0 Å². The Morgan fingerprint density at radius 1 is 1.23 bits per heavy atom. The molecular formula is C10H13NOS. The highest BCUT2D eigenvalue weighted by Gasteiger charge is 2.09. The Bertz CT molecular complexity index is 347. The fourth-order valence-corrected chi connectivity index (χ4v) is 1.38. The van der Waals surface area contributed by atoms with Gasteiger partial charge in [0, 0.05) is 5.56 Å². The molecule has 1 aromatic rings. The fraction of sp³-hybridized carbons (Fsp3) is 0.300. The maximum Gasteiger partial charge on any atom is 0.261 e. The number of rotatable bonds is 1. The third-order valence-electron chi connectivity index (χ3n) is 2.40. The summed E-state index contributed by atoms with van der Waals surface area (Å²) in [5.41, 5.74) is 4.08. The van der Waals surface area contributed by atoms with Gasteiger partial charge in [-0.1, -0.05) is 18.9 Å². The normalized spacial score (nSPS) is 9.85. The molecule has 0 unspecified atom stereocenters. The van der Waals surface area contributed by atoms with Crippen molar-refractivity contribution in [1.82, 2.24) is 4.72 Å². The van der Waals surface area contributed by atoms with Crippen molar-refractivity contribution in [1.29, 1.82) is 0 Å². The van der Waals surface area contributed by atoms with Crippen LogP contribution < -0.4 is 4.72 Å². The number of hydrogen-bond donors (Lipinski definition) is 2. The van der Waals surface area contributed by atoms with Crippen molar-refractivity contribution in [3.63, 3.8) is 0 Å². The summed E-state index contributed by atoms with van der Waals surface area (Å²) in [7, 11) is 0. The van der Waals surface area contributed by atoms with E-state index in [0.29, 0.717) is 5.56 Å². The van der Waals surface area contributed by atoms with Gasteiger partial charge in [0.25, 0.3) is 5.91 Å². The molecule has 1 rings (SSSR count). The smallest absolute Gasteiger partial charge is 0.261 e. The van der Waals surface area contributed by atoms with Crippen molar-refractivity contribution in [2.45, 2.75) is 20.8 Å². The Morgan fingerprint density at radius 3 is 2.38 bits per heavy atom. The first-order valence-corrected chi connectivity index (χ1v) is 4.54. The van der Waals surface area contributed by atoms with Crippen LogP contribution in [0.5, 0.6) is 0 Å². The largest absolute Gasteiger partial charge is 0.299 e. The molecule has 0 radical (unpaired) electrons. The molecule has 0 heterocycles. The molecule has 3 heteroatoms. The number of thiol groups is 1. The molecule has 0 fully saturated rings. The summed E-state index contributed by atoms with van der Waals surface area (Å²) >= 11 is 3.73. The van der Waals surface area contributed by atoms with Crippen molar-refractivity contribution in [3.05, 3.63) is 34.4 Å². The Kier molecular flexibility index (Phi) is 2.98. The van der Waals surface area contributed by atoms with Crippen molar-refractivity contribution in [3.8, 4) is 0 Å². The minimum absolute atomic E-state index is 0.149. The molecule has 1 aromatic carbocycles. The van der Waals surface area contributed by atoms with Crippen LogP contribution in [0.1, 0.15) is 27.0 Å². The summed E-state index contributed by atoms with van der Waals surface area (Å²) in [5.74, 6) is -0.149. The molecule has 0 saturated carbocycles. The standard InChI is InChI=1S/C10H13NOS/c1-6-4-5-9(10(12)11-13)8(3)7(6)2/h4-5,13H,1-3H3,(H,11,12). The summed E-state index contributed by atoms with van der Waals surface area (Å²) in [6, 6.07) is 3.77. The number of aryl methyl sites for hydroxylation is 1. The minimum Gasteiger partial charge on any atom is -0.299 e. The first-order chi connectivity index (χ1) is 6.07. The number of nitrogens with one attached hydrogen (secondary N) is 1. The van der Waals surface area contributed by atoms with E-state index in [1.165, 1.54) is 5.56 Å². The van der Waals surface area contributed by atoms with Crippen molar-refractivity contribution in [2.24, 2.45) is 0 Å². The zero-order valence-electron chi connectivity index (χ0n) is 8.01. The number of carbonyl (C=O) groups is 1. The maximum atomic E-state index is 11.3. The molecule has 2 nitrogen and oxygen atoms in total. The Balaban J connectivity index is 3.26. The molecule has 0 atom stereocenters. The van der Waals surface area contributed by atoms with Crippen LogP contribution in [-0.4, -0.2) is 5.91 Å². The van der Waals surface area contributed by atoms with Gasteiger partial charge in [-0.3, -0.25) is 9.52 Å².